The third-order valence-corrected chi connectivity index (χ3v) is 3.78. The van der Waals surface area contributed by atoms with Gasteiger partial charge in [-0.3, -0.25) is 4.79 Å². The lowest BCUT2D eigenvalue weighted by molar-refractivity contribution is -0.140. The maximum absolute atomic E-state index is 11.0. The zero-order chi connectivity index (χ0) is 15.1. The van der Waals surface area contributed by atoms with Gasteiger partial charge < -0.3 is 15.2 Å². The lowest BCUT2D eigenvalue weighted by Gasteiger charge is -2.13. The van der Waals surface area contributed by atoms with E-state index in [-0.39, 0.29) is 11.7 Å². The van der Waals surface area contributed by atoms with Crippen molar-refractivity contribution in [1.82, 2.24) is 5.32 Å². The van der Waals surface area contributed by atoms with Crippen molar-refractivity contribution in [2.45, 2.75) is 18.7 Å². The molecule has 110 valence electrons. The zero-order valence-electron chi connectivity index (χ0n) is 11.2. The number of ether oxygens (including phenoxy) is 1. The predicted molar refractivity (Wildman–Crippen MR) is 79.4 cm³/mol. The predicted octanol–water partition coefficient (Wildman–Crippen LogP) is 2.17. The number of carboxylic acids is 1. The second-order valence-electron chi connectivity index (χ2n) is 4.06. The first kappa shape index (κ1) is 16.7. The first-order valence-corrected chi connectivity index (χ1v) is 7.37. The Kier molecular flexibility index (Phi) is 6.67. The van der Waals surface area contributed by atoms with E-state index >= 15 is 0 Å². The van der Waals surface area contributed by atoms with E-state index in [1.165, 1.54) is 18.7 Å². The van der Waals surface area contributed by atoms with Gasteiger partial charge in [-0.25, -0.2) is 4.79 Å². The number of hydrogen-bond acceptors (Lipinski definition) is 4. The Hall–Kier alpha value is -1.40. The van der Waals surface area contributed by atoms with E-state index in [1.54, 1.807) is 25.3 Å². The third-order valence-electron chi connectivity index (χ3n) is 2.46. The monoisotopic (exact) mass is 317 g/mol. The Bertz CT molecular complexity index is 495. The molecule has 7 heteroatoms. The summed E-state index contributed by atoms with van der Waals surface area (Å²) in [6, 6.07) is 4.37. The van der Waals surface area contributed by atoms with Gasteiger partial charge in [0.15, 0.2) is 0 Å². The summed E-state index contributed by atoms with van der Waals surface area (Å²) in [6.45, 7) is 1.29. The Morgan fingerprint density at radius 3 is 2.75 bits per heavy atom. The van der Waals surface area contributed by atoms with Crippen LogP contribution in [0.25, 0.3) is 0 Å². The average Bonchev–Trinajstić information content (AvgIpc) is 2.37. The number of nitrogens with one attached hydrogen (secondary N) is 1. The van der Waals surface area contributed by atoms with Gasteiger partial charge in [0, 0.05) is 29.0 Å². The minimum absolute atomic E-state index is 0.268. The number of benzene rings is 1. The van der Waals surface area contributed by atoms with E-state index in [4.69, 9.17) is 21.4 Å². The Balaban J connectivity index is 2.60. The van der Waals surface area contributed by atoms with Crippen LogP contribution in [0.4, 0.5) is 0 Å². The number of hydrogen-bond donors (Lipinski definition) is 2. The molecule has 1 aromatic rings. The van der Waals surface area contributed by atoms with Gasteiger partial charge in [-0.05, 0) is 18.2 Å². The van der Waals surface area contributed by atoms with Crippen LogP contribution >= 0.6 is 23.4 Å². The molecule has 0 aliphatic rings. The maximum Gasteiger partial charge on any atom is 0.327 e. The molecule has 0 saturated carbocycles. The van der Waals surface area contributed by atoms with Crippen LogP contribution in [-0.4, -0.2) is 35.9 Å². The van der Waals surface area contributed by atoms with Gasteiger partial charge in [0.25, 0.3) is 0 Å². The number of rotatable bonds is 7. The molecule has 0 aliphatic heterocycles. The van der Waals surface area contributed by atoms with Crippen LogP contribution in [0, 0.1) is 0 Å². The summed E-state index contributed by atoms with van der Waals surface area (Å²) < 4.78 is 5.21. The zero-order valence-corrected chi connectivity index (χ0v) is 12.8. The van der Waals surface area contributed by atoms with Gasteiger partial charge in [0.05, 0.1) is 7.11 Å². The van der Waals surface area contributed by atoms with Crippen molar-refractivity contribution in [3.05, 3.63) is 28.8 Å². The van der Waals surface area contributed by atoms with Crippen LogP contribution in [0.3, 0.4) is 0 Å². The van der Waals surface area contributed by atoms with E-state index in [0.717, 1.165) is 5.56 Å². The van der Waals surface area contributed by atoms with Crippen molar-refractivity contribution in [2.24, 2.45) is 0 Å². The van der Waals surface area contributed by atoms with E-state index < -0.39 is 12.0 Å². The van der Waals surface area contributed by atoms with Crippen molar-refractivity contribution < 1.29 is 19.4 Å². The minimum atomic E-state index is -1.05. The maximum atomic E-state index is 11.0. The molecule has 1 rings (SSSR count). The van der Waals surface area contributed by atoms with Crippen LogP contribution in [0.5, 0.6) is 5.75 Å². The number of halogens is 1. The van der Waals surface area contributed by atoms with Crippen LogP contribution < -0.4 is 10.1 Å². The lowest BCUT2D eigenvalue weighted by Crippen LogP contribution is -2.41. The molecule has 0 spiro atoms. The highest BCUT2D eigenvalue weighted by molar-refractivity contribution is 7.98. The molecule has 5 nitrogen and oxygen atoms in total. The largest absolute Gasteiger partial charge is 0.496 e. The van der Waals surface area contributed by atoms with Crippen LogP contribution in [0.2, 0.25) is 5.02 Å². The highest BCUT2D eigenvalue weighted by Crippen LogP contribution is 2.26. The highest BCUT2D eigenvalue weighted by atomic mass is 35.5. The number of carbonyl (C=O) groups excluding carboxylic acids is 1. The Labute approximate surface area is 126 Å². The van der Waals surface area contributed by atoms with Crippen LogP contribution in [0.15, 0.2) is 18.2 Å². The molecule has 2 N–H and O–H groups in total. The fourth-order valence-electron chi connectivity index (χ4n) is 1.57. The number of thioether (sulfide) groups is 1. The molecule has 0 fully saturated rings. The topological polar surface area (TPSA) is 75.6 Å². The van der Waals surface area contributed by atoms with E-state index in [0.29, 0.717) is 16.5 Å². The summed E-state index contributed by atoms with van der Waals surface area (Å²) in [5, 5.41) is 12.0. The number of methoxy groups -OCH3 is 1. The van der Waals surface area contributed by atoms with Gasteiger partial charge in [0.1, 0.15) is 11.8 Å². The molecular weight excluding hydrogens is 302 g/mol. The molecule has 0 heterocycles. The lowest BCUT2D eigenvalue weighted by atomic mass is 10.2. The number of carboxylic acid groups (broad SMARTS) is 1. The van der Waals surface area contributed by atoms with E-state index in [2.05, 4.69) is 5.32 Å². The second kappa shape index (κ2) is 8.01. The third kappa shape index (κ3) is 5.30. The average molecular weight is 318 g/mol. The summed E-state index contributed by atoms with van der Waals surface area (Å²) in [7, 11) is 1.56. The molecule has 0 bridgehead atoms. The van der Waals surface area contributed by atoms with Crippen LogP contribution in [-0.2, 0) is 15.3 Å². The SMILES string of the molecule is COc1ccc(Cl)cc1CSC[C@H](NC(C)=O)C(=O)O. The first-order valence-electron chi connectivity index (χ1n) is 5.84. The smallest absolute Gasteiger partial charge is 0.327 e. The van der Waals surface area contributed by atoms with Crippen molar-refractivity contribution in [1.29, 1.82) is 0 Å². The van der Waals surface area contributed by atoms with Gasteiger partial charge in [-0.1, -0.05) is 11.6 Å². The number of amides is 1. The highest BCUT2D eigenvalue weighted by Gasteiger charge is 2.18. The van der Waals surface area contributed by atoms with Crippen molar-refractivity contribution >= 4 is 35.2 Å². The van der Waals surface area contributed by atoms with Crippen molar-refractivity contribution in [3.8, 4) is 5.75 Å². The van der Waals surface area contributed by atoms with Crippen molar-refractivity contribution in [3.63, 3.8) is 0 Å². The molecule has 1 atom stereocenters. The molecule has 0 unspecified atom stereocenters. The Morgan fingerprint density at radius 2 is 2.20 bits per heavy atom. The molecular formula is C13H16ClNO4S. The standard InChI is InChI=1S/C13H16ClNO4S/c1-8(16)15-11(13(17)18)7-20-6-9-5-10(14)3-4-12(9)19-2/h3-5,11H,6-7H2,1-2H3,(H,15,16)(H,17,18)/t11-/m0/s1. The molecule has 0 aliphatic carbocycles. The fourth-order valence-corrected chi connectivity index (χ4v) is 2.79. The van der Waals surface area contributed by atoms with Gasteiger partial charge in [0.2, 0.25) is 5.91 Å². The van der Waals surface area contributed by atoms with E-state index in [1.807, 2.05) is 0 Å². The number of carbonyl (C=O) groups is 2. The van der Waals surface area contributed by atoms with Gasteiger partial charge in [-0.15, -0.1) is 0 Å². The van der Waals surface area contributed by atoms with Crippen molar-refractivity contribution in [2.75, 3.05) is 12.9 Å². The molecule has 0 radical (unpaired) electrons. The number of aliphatic carboxylic acids is 1. The minimum Gasteiger partial charge on any atom is -0.496 e. The molecule has 0 aromatic heterocycles. The summed E-state index contributed by atoms with van der Waals surface area (Å²) in [4.78, 5) is 21.9. The summed E-state index contributed by atoms with van der Waals surface area (Å²) in [5.41, 5.74) is 0.886. The molecule has 1 aromatic carbocycles. The molecule has 20 heavy (non-hydrogen) atoms. The normalized spacial score (nSPS) is 11.8. The molecule has 0 saturated heterocycles. The quantitative estimate of drug-likeness (QED) is 0.806. The summed E-state index contributed by atoms with van der Waals surface area (Å²) in [5.74, 6) is 0.106. The summed E-state index contributed by atoms with van der Waals surface area (Å²) >= 11 is 7.31. The fraction of sp³-hybridized carbons (Fsp3) is 0.385. The Morgan fingerprint density at radius 1 is 1.50 bits per heavy atom. The van der Waals surface area contributed by atoms with Gasteiger partial charge >= 0.3 is 5.97 Å². The van der Waals surface area contributed by atoms with E-state index in [9.17, 15) is 9.59 Å². The molecule has 1 amide bonds. The van der Waals surface area contributed by atoms with Gasteiger partial charge in [-0.2, -0.15) is 11.8 Å². The first-order chi connectivity index (χ1) is 9.43. The van der Waals surface area contributed by atoms with Crippen LogP contribution in [0.1, 0.15) is 12.5 Å². The summed E-state index contributed by atoms with van der Waals surface area (Å²) in [6.07, 6.45) is 0. The second-order valence-corrected chi connectivity index (χ2v) is 5.53.